The zero-order valence-corrected chi connectivity index (χ0v) is 12.3. The highest BCUT2D eigenvalue weighted by Crippen LogP contribution is 1.87. The summed E-state index contributed by atoms with van der Waals surface area (Å²) >= 11 is 5.17. The quantitative estimate of drug-likeness (QED) is 0.555. The zero-order chi connectivity index (χ0) is 14.4. The lowest BCUT2D eigenvalue weighted by Gasteiger charge is -2.12. The van der Waals surface area contributed by atoms with Crippen LogP contribution in [0.4, 0.5) is 0 Å². The van der Waals surface area contributed by atoms with Gasteiger partial charge in [-0.25, -0.2) is 4.79 Å². The van der Waals surface area contributed by atoms with Crippen molar-refractivity contribution in [2.75, 3.05) is 27.2 Å². The summed E-state index contributed by atoms with van der Waals surface area (Å²) in [5.74, 6) is 0. The summed E-state index contributed by atoms with van der Waals surface area (Å²) in [6, 6.07) is 0. The van der Waals surface area contributed by atoms with E-state index in [2.05, 4.69) is 15.2 Å². The first-order valence-corrected chi connectivity index (χ1v) is 6.53. The fourth-order valence-corrected chi connectivity index (χ4v) is 1.81. The average molecular weight is 284 g/mol. The maximum absolute atomic E-state index is 11.6. The first-order valence-electron chi connectivity index (χ1n) is 6.12. The van der Waals surface area contributed by atoms with Gasteiger partial charge in [-0.15, -0.1) is 0 Å². The number of nitrogens with one attached hydrogen (secondary N) is 2. The number of aromatic amines is 1. The molecule has 0 aliphatic carbocycles. The molecule has 1 heterocycles. The molecule has 106 valence electrons. The monoisotopic (exact) mass is 284 g/mol. The number of hydrogen-bond acceptors (Lipinski definition) is 4. The highest BCUT2D eigenvalue weighted by atomic mass is 32.1. The van der Waals surface area contributed by atoms with Crippen LogP contribution in [0.5, 0.6) is 0 Å². The van der Waals surface area contributed by atoms with Crippen molar-refractivity contribution in [3.05, 3.63) is 32.6 Å². The lowest BCUT2D eigenvalue weighted by molar-refractivity contribution is 0.400. The Bertz CT molecular complexity index is 547. The number of hydrogen-bond donors (Lipinski definition) is 2. The van der Waals surface area contributed by atoms with E-state index < -0.39 is 5.69 Å². The van der Waals surface area contributed by atoms with Gasteiger partial charge < -0.3 is 10.2 Å². The fraction of sp³-hybridized carbons (Fsp3) is 0.583. The molecule has 1 aromatic rings. The summed E-state index contributed by atoms with van der Waals surface area (Å²) in [6.07, 6.45) is 2.50. The van der Waals surface area contributed by atoms with Crippen LogP contribution in [0, 0.1) is 6.92 Å². The minimum absolute atomic E-state index is 0.285. The van der Waals surface area contributed by atoms with E-state index in [4.69, 9.17) is 12.2 Å². The molecule has 0 spiro atoms. The van der Waals surface area contributed by atoms with E-state index in [9.17, 15) is 9.59 Å². The Morgan fingerprint density at radius 3 is 2.79 bits per heavy atom. The van der Waals surface area contributed by atoms with Gasteiger partial charge in [0.25, 0.3) is 5.56 Å². The fourth-order valence-electron chi connectivity index (χ4n) is 1.57. The lowest BCUT2D eigenvalue weighted by Crippen LogP contribution is -2.36. The van der Waals surface area contributed by atoms with Crippen LogP contribution in [0.15, 0.2) is 15.8 Å². The van der Waals surface area contributed by atoms with Crippen molar-refractivity contribution in [3.63, 3.8) is 0 Å². The summed E-state index contributed by atoms with van der Waals surface area (Å²) in [6.45, 7) is 3.69. The van der Waals surface area contributed by atoms with E-state index in [-0.39, 0.29) is 12.1 Å². The van der Waals surface area contributed by atoms with Crippen molar-refractivity contribution in [3.8, 4) is 0 Å². The van der Waals surface area contributed by atoms with E-state index in [1.54, 1.807) is 6.92 Å². The molecule has 0 saturated heterocycles. The molecule has 2 N–H and O–H groups in total. The second-order valence-corrected chi connectivity index (χ2v) is 5.20. The van der Waals surface area contributed by atoms with Crippen molar-refractivity contribution in [1.29, 1.82) is 0 Å². The molecule has 0 aliphatic rings. The Kier molecular flexibility index (Phi) is 5.91. The number of aromatic nitrogens is 2. The van der Waals surface area contributed by atoms with Gasteiger partial charge in [0.15, 0.2) is 0 Å². The van der Waals surface area contributed by atoms with Gasteiger partial charge in [-0.1, -0.05) is 12.2 Å². The van der Waals surface area contributed by atoms with Gasteiger partial charge in [0.2, 0.25) is 0 Å². The molecular formula is C12H20N4O2S. The largest absolute Gasteiger partial charge is 0.378 e. The van der Waals surface area contributed by atoms with E-state index in [0.29, 0.717) is 10.6 Å². The standard InChI is InChI=1S/C12H20N4O2S/c1-9-7-16(12(18)14-11(9)17)8-10(19)13-5-4-6-15(2)3/h7H,4-6,8H2,1-3H3,(H,13,19)(H,14,17,18). The van der Waals surface area contributed by atoms with Gasteiger partial charge >= 0.3 is 5.69 Å². The third-order valence-corrected chi connectivity index (χ3v) is 2.88. The lowest BCUT2D eigenvalue weighted by atomic mass is 10.4. The molecule has 0 radical (unpaired) electrons. The second-order valence-electron chi connectivity index (χ2n) is 4.71. The molecule has 0 fully saturated rings. The van der Waals surface area contributed by atoms with Crippen LogP contribution in [-0.4, -0.2) is 46.6 Å². The molecule has 0 unspecified atom stereocenters. The Morgan fingerprint density at radius 1 is 1.47 bits per heavy atom. The maximum atomic E-state index is 11.6. The molecule has 0 atom stereocenters. The summed E-state index contributed by atoms with van der Waals surface area (Å²) in [4.78, 5) is 27.7. The number of rotatable bonds is 6. The number of aryl methyl sites for hydroxylation is 1. The SMILES string of the molecule is Cc1cn(CC(=S)NCCCN(C)C)c(=O)[nH]c1=O. The first kappa shape index (κ1) is 15.6. The highest BCUT2D eigenvalue weighted by molar-refractivity contribution is 7.80. The van der Waals surface area contributed by atoms with E-state index in [1.165, 1.54) is 10.8 Å². The van der Waals surface area contributed by atoms with Gasteiger partial charge in [0.05, 0.1) is 11.5 Å². The summed E-state index contributed by atoms with van der Waals surface area (Å²) in [7, 11) is 4.03. The van der Waals surface area contributed by atoms with Crippen LogP contribution >= 0.6 is 12.2 Å². The predicted molar refractivity (Wildman–Crippen MR) is 79.8 cm³/mol. The van der Waals surface area contributed by atoms with Crippen LogP contribution in [0.1, 0.15) is 12.0 Å². The van der Waals surface area contributed by atoms with Crippen molar-refractivity contribution in [1.82, 2.24) is 19.8 Å². The average Bonchev–Trinajstić information content (AvgIpc) is 2.31. The van der Waals surface area contributed by atoms with Crippen LogP contribution in [0.2, 0.25) is 0 Å². The molecule has 0 aliphatic heterocycles. The van der Waals surface area contributed by atoms with E-state index in [0.717, 1.165) is 19.5 Å². The first-order chi connectivity index (χ1) is 8.90. The molecule has 19 heavy (non-hydrogen) atoms. The van der Waals surface area contributed by atoms with Crippen molar-refractivity contribution in [2.24, 2.45) is 0 Å². The second kappa shape index (κ2) is 7.20. The van der Waals surface area contributed by atoms with E-state index >= 15 is 0 Å². The third-order valence-electron chi connectivity index (χ3n) is 2.61. The predicted octanol–water partition coefficient (Wildman–Crippen LogP) is -0.286. The molecule has 6 nitrogen and oxygen atoms in total. The third kappa shape index (κ3) is 5.35. The smallest absolute Gasteiger partial charge is 0.328 e. The molecule has 7 heteroatoms. The molecule has 0 bridgehead atoms. The summed E-state index contributed by atoms with van der Waals surface area (Å²) < 4.78 is 1.40. The number of nitrogens with zero attached hydrogens (tertiary/aromatic N) is 2. The minimum atomic E-state index is -0.437. The molecular weight excluding hydrogens is 264 g/mol. The molecule has 0 saturated carbocycles. The van der Waals surface area contributed by atoms with E-state index in [1.807, 2.05) is 14.1 Å². The Labute approximate surface area is 117 Å². The topological polar surface area (TPSA) is 70.1 Å². The van der Waals surface area contributed by atoms with Crippen molar-refractivity contribution >= 4 is 17.2 Å². The van der Waals surface area contributed by atoms with Gasteiger partial charge in [0.1, 0.15) is 0 Å². The number of H-pyrrole nitrogens is 1. The minimum Gasteiger partial charge on any atom is -0.378 e. The van der Waals surface area contributed by atoms with Gasteiger partial charge in [-0.2, -0.15) is 0 Å². The Hall–Kier alpha value is -1.47. The summed E-state index contributed by atoms with van der Waals surface area (Å²) in [5.41, 5.74) is -0.297. The van der Waals surface area contributed by atoms with Crippen LogP contribution in [0.3, 0.4) is 0 Å². The van der Waals surface area contributed by atoms with Crippen LogP contribution in [0.25, 0.3) is 0 Å². The maximum Gasteiger partial charge on any atom is 0.328 e. The van der Waals surface area contributed by atoms with Crippen LogP contribution in [-0.2, 0) is 6.54 Å². The zero-order valence-electron chi connectivity index (χ0n) is 11.5. The van der Waals surface area contributed by atoms with Gasteiger partial charge in [-0.05, 0) is 34.0 Å². The molecule has 0 aromatic carbocycles. The van der Waals surface area contributed by atoms with Crippen molar-refractivity contribution in [2.45, 2.75) is 19.9 Å². The van der Waals surface area contributed by atoms with Crippen LogP contribution < -0.4 is 16.6 Å². The van der Waals surface area contributed by atoms with Crippen molar-refractivity contribution < 1.29 is 0 Å². The Morgan fingerprint density at radius 2 is 2.16 bits per heavy atom. The molecule has 1 aromatic heterocycles. The number of thiocarbonyl (C=S) groups is 1. The van der Waals surface area contributed by atoms with Gasteiger partial charge in [-0.3, -0.25) is 14.3 Å². The molecule has 0 amide bonds. The normalized spacial score (nSPS) is 10.7. The van der Waals surface area contributed by atoms with Gasteiger partial charge in [0, 0.05) is 18.3 Å². The highest BCUT2D eigenvalue weighted by Gasteiger charge is 2.03. The summed E-state index contributed by atoms with van der Waals surface area (Å²) in [5, 5.41) is 3.10. The Balaban J connectivity index is 2.51. The molecule has 1 rings (SSSR count).